The van der Waals surface area contributed by atoms with Gasteiger partial charge in [-0.3, -0.25) is 14.3 Å². The van der Waals surface area contributed by atoms with E-state index in [4.69, 9.17) is 28.3 Å². The van der Waals surface area contributed by atoms with E-state index in [-0.39, 0.29) is 12.3 Å². The second kappa shape index (κ2) is 8.90. The number of halogens is 2. The van der Waals surface area contributed by atoms with Gasteiger partial charge in [0.15, 0.2) is 0 Å². The average molecular weight is 446 g/mol. The van der Waals surface area contributed by atoms with Crippen molar-refractivity contribution in [3.63, 3.8) is 0 Å². The first kappa shape index (κ1) is 21.9. The highest BCUT2D eigenvalue weighted by molar-refractivity contribution is 6.42. The van der Waals surface area contributed by atoms with Gasteiger partial charge in [0, 0.05) is 22.5 Å². The number of rotatable bonds is 6. The molecule has 0 aliphatic carbocycles. The maximum atomic E-state index is 12.5. The van der Waals surface area contributed by atoms with Gasteiger partial charge in [0.25, 0.3) is 5.91 Å². The Bertz CT molecular complexity index is 1140. The van der Waals surface area contributed by atoms with Crippen molar-refractivity contribution < 1.29 is 14.7 Å². The fourth-order valence-electron chi connectivity index (χ4n) is 3.26. The third-order valence-electron chi connectivity index (χ3n) is 4.91. The van der Waals surface area contributed by atoms with Crippen LogP contribution in [0.25, 0.3) is 0 Å². The molecule has 3 aromatic rings. The zero-order chi connectivity index (χ0) is 22.0. The summed E-state index contributed by atoms with van der Waals surface area (Å²) in [4.78, 5) is 23.6. The van der Waals surface area contributed by atoms with Crippen LogP contribution in [0.1, 0.15) is 38.4 Å². The second-order valence-corrected chi connectivity index (χ2v) is 7.92. The highest BCUT2D eigenvalue weighted by Gasteiger charge is 2.15. The maximum absolute atomic E-state index is 12.5. The SMILES string of the molecule is Cc1cc(Cn2nc(C)c(CC(=O)O)c2C)ccc1NC(=O)c1ccc(Cl)c(Cl)c1. The number of benzene rings is 2. The lowest BCUT2D eigenvalue weighted by atomic mass is 10.1. The summed E-state index contributed by atoms with van der Waals surface area (Å²) in [7, 11) is 0. The number of nitrogens with zero attached hydrogens (tertiary/aromatic N) is 2. The van der Waals surface area contributed by atoms with E-state index in [1.807, 2.05) is 39.0 Å². The molecule has 1 heterocycles. The van der Waals surface area contributed by atoms with Gasteiger partial charge < -0.3 is 10.4 Å². The van der Waals surface area contributed by atoms with Gasteiger partial charge in [-0.1, -0.05) is 35.3 Å². The van der Waals surface area contributed by atoms with Crippen molar-refractivity contribution in [3.05, 3.63) is 80.1 Å². The first-order valence-corrected chi connectivity index (χ1v) is 10.0. The maximum Gasteiger partial charge on any atom is 0.307 e. The topological polar surface area (TPSA) is 84.2 Å². The van der Waals surface area contributed by atoms with Crippen LogP contribution in [0.5, 0.6) is 0 Å². The first-order chi connectivity index (χ1) is 14.2. The molecule has 1 amide bonds. The van der Waals surface area contributed by atoms with Crippen LogP contribution in [-0.4, -0.2) is 26.8 Å². The molecule has 2 N–H and O–H groups in total. The molecule has 0 atom stereocenters. The number of anilines is 1. The van der Waals surface area contributed by atoms with E-state index in [1.165, 1.54) is 6.07 Å². The van der Waals surface area contributed by atoms with Gasteiger partial charge in [0.2, 0.25) is 0 Å². The number of aliphatic carboxylic acids is 1. The number of aromatic nitrogens is 2. The summed E-state index contributed by atoms with van der Waals surface area (Å²) in [5.74, 6) is -1.15. The standard InChI is InChI=1S/C22H21Cl2N3O3/c1-12-8-15(11-27-14(3)17(10-21(28)29)13(2)26-27)4-7-20(12)25-22(30)16-5-6-18(23)19(24)9-16/h4-9H,10-11H2,1-3H3,(H,25,30)(H,28,29). The fourth-order valence-corrected chi connectivity index (χ4v) is 3.56. The predicted molar refractivity (Wildman–Crippen MR) is 118 cm³/mol. The molecule has 3 rings (SSSR count). The van der Waals surface area contributed by atoms with Gasteiger partial charge in [0.05, 0.1) is 28.7 Å². The molecule has 30 heavy (non-hydrogen) atoms. The van der Waals surface area contributed by atoms with Crippen LogP contribution in [0.3, 0.4) is 0 Å². The summed E-state index contributed by atoms with van der Waals surface area (Å²) < 4.78 is 1.80. The van der Waals surface area contributed by atoms with Gasteiger partial charge in [-0.25, -0.2) is 0 Å². The van der Waals surface area contributed by atoms with E-state index < -0.39 is 5.97 Å². The Hall–Kier alpha value is -2.83. The Morgan fingerprint density at radius 3 is 2.43 bits per heavy atom. The lowest BCUT2D eigenvalue weighted by Crippen LogP contribution is -2.13. The van der Waals surface area contributed by atoms with Crippen LogP contribution in [0.15, 0.2) is 36.4 Å². The van der Waals surface area contributed by atoms with Crippen LogP contribution in [0.2, 0.25) is 10.0 Å². The number of carboxylic acid groups (broad SMARTS) is 1. The van der Waals surface area contributed by atoms with Crippen LogP contribution in [-0.2, 0) is 17.8 Å². The minimum Gasteiger partial charge on any atom is -0.481 e. The molecule has 0 fully saturated rings. The number of hydrogen-bond donors (Lipinski definition) is 2. The third-order valence-corrected chi connectivity index (χ3v) is 5.65. The average Bonchev–Trinajstić information content (AvgIpc) is 2.93. The highest BCUT2D eigenvalue weighted by atomic mass is 35.5. The number of nitrogens with one attached hydrogen (secondary N) is 1. The molecule has 0 bridgehead atoms. The Morgan fingerprint density at radius 2 is 1.80 bits per heavy atom. The van der Waals surface area contributed by atoms with Crippen molar-refractivity contribution >= 4 is 40.8 Å². The van der Waals surface area contributed by atoms with E-state index >= 15 is 0 Å². The van der Waals surface area contributed by atoms with E-state index in [0.717, 1.165) is 28.1 Å². The third kappa shape index (κ3) is 4.83. The lowest BCUT2D eigenvalue weighted by molar-refractivity contribution is -0.136. The lowest BCUT2D eigenvalue weighted by Gasteiger charge is -2.12. The molecule has 1 aromatic heterocycles. The van der Waals surface area contributed by atoms with Gasteiger partial charge in [-0.05, 0) is 56.2 Å². The number of amides is 1. The summed E-state index contributed by atoms with van der Waals surface area (Å²) in [6.45, 7) is 6.10. The Kier molecular flexibility index (Phi) is 6.48. The molecule has 6 nitrogen and oxygen atoms in total. The van der Waals surface area contributed by atoms with Crippen molar-refractivity contribution in [2.24, 2.45) is 0 Å². The molecule has 0 unspecified atom stereocenters. The number of carboxylic acids is 1. The van der Waals surface area contributed by atoms with Crippen LogP contribution in [0, 0.1) is 20.8 Å². The van der Waals surface area contributed by atoms with E-state index in [2.05, 4.69) is 10.4 Å². The smallest absolute Gasteiger partial charge is 0.307 e. The van der Waals surface area contributed by atoms with Gasteiger partial charge >= 0.3 is 5.97 Å². The summed E-state index contributed by atoms with van der Waals surface area (Å²) in [6, 6.07) is 10.4. The minimum atomic E-state index is -0.876. The first-order valence-electron chi connectivity index (χ1n) is 9.26. The molecular weight excluding hydrogens is 425 g/mol. The van der Waals surface area contributed by atoms with Gasteiger partial charge in [-0.15, -0.1) is 0 Å². The Labute approximate surface area is 184 Å². The Morgan fingerprint density at radius 1 is 1.07 bits per heavy atom. The predicted octanol–water partition coefficient (Wildman–Crippen LogP) is 5.04. The number of aryl methyl sites for hydroxylation is 2. The monoisotopic (exact) mass is 445 g/mol. The molecule has 0 saturated carbocycles. The van der Waals surface area contributed by atoms with Crippen molar-refractivity contribution in [2.45, 2.75) is 33.7 Å². The van der Waals surface area contributed by atoms with Crippen molar-refractivity contribution in [1.29, 1.82) is 0 Å². The van der Waals surface area contributed by atoms with Crippen LogP contribution >= 0.6 is 23.2 Å². The van der Waals surface area contributed by atoms with E-state index in [9.17, 15) is 9.59 Å². The summed E-state index contributed by atoms with van der Waals surface area (Å²) in [6.07, 6.45) is -0.0453. The molecule has 0 radical (unpaired) electrons. The molecule has 0 spiro atoms. The van der Waals surface area contributed by atoms with Crippen molar-refractivity contribution in [2.75, 3.05) is 5.32 Å². The van der Waals surface area contributed by atoms with E-state index in [0.29, 0.717) is 27.8 Å². The molecule has 0 saturated heterocycles. The number of carbonyl (C=O) groups is 2. The minimum absolute atomic E-state index is 0.0453. The van der Waals surface area contributed by atoms with Gasteiger partial charge in [-0.2, -0.15) is 5.10 Å². The van der Waals surface area contributed by atoms with Crippen LogP contribution in [0.4, 0.5) is 5.69 Å². The number of carbonyl (C=O) groups excluding carboxylic acids is 1. The zero-order valence-electron chi connectivity index (χ0n) is 16.8. The van der Waals surface area contributed by atoms with Crippen LogP contribution < -0.4 is 5.32 Å². The second-order valence-electron chi connectivity index (χ2n) is 7.11. The normalized spacial score (nSPS) is 10.8. The molecule has 2 aromatic carbocycles. The summed E-state index contributed by atoms with van der Waals surface area (Å²) >= 11 is 11.9. The highest BCUT2D eigenvalue weighted by Crippen LogP contribution is 2.24. The summed E-state index contributed by atoms with van der Waals surface area (Å²) in [5.41, 5.74) is 5.29. The van der Waals surface area contributed by atoms with Crippen molar-refractivity contribution in [1.82, 2.24) is 9.78 Å². The molecule has 0 aliphatic rings. The number of hydrogen-bond acceptors (Lipinski definition) is 3. The Balaban J connectivity index is 1.76. The van der Waals surface area contributed by atoms with E-state index in [1.54, 1.807) is 16.8 Å². The molecule has 156 valence electrons. The van der Waals surface area contributed by atoms with Gasteiger partial charge in [0.1, 0.15) is 0 Å². The summed E-state index contributed by atoms with van der Waals surface area (Å²) in [5, 5.41) is 17.2. The quantitative estimate of drug-likeness (QED) is 0.556. The fraction of sp³-hybridized carbons (Fsp3) is 0.227. The molecular formula is C22H21Cl2N3O3. The zero-order valence-corrected chi connectivity index (χ0v) is 18.3. The molecule has 8 heteroatoms. The van der Waals surface area contributed by atoms with Crippen molar-refractivity contribution in [3.8, 4) is 0 Å². The largest absolute Gasteiger partial charge is 0.481 e. The molecule has 0 aliphatic heterocycles.